The number of carbonyl (C=O) groups excluding carboxylic acids is 2. The zero-order valence-electron chi connectivity index (χ0n) is 20.7. The smallest absolute Gasteiger partial charge is 0.348 e. The van der Waals surface area contributed by atoms with Crippen molar-refractivity contribution >= 4 is 20.3 Å². The summed E-state index contributed by atoms with van der Waals surface area (Å²) in [5, 5.41) is -0.0387. The molecule has 7 heteroatoms. The van der Waals surface area contributed by atoms with Crippen molar-refractivity contribution in [3.05, 3.63) is 23.5 Å². The molecule has 3 aliphatic rings. The fraction of sp³-hybridized carbons (Fsp3) is 0.750. The first kappa shape index (κ1) is 24.0. The van der Waals surface area contributed by atoms with Crippen LogP contribution in [0.5, 0.6) is 0 Å². The molecule has 2 bridgehead atoms. The normalized spacial score (nSPS) is 32.5. The summed E-state index contributed by atoms with van der Waals surface area (Å²) < 4.78 is 24.1. The molecule has 0 saturated carbocycles. The van der Waals surface area contributed by atoms with Crippen LogP contribution in [0.2, 0.25) is 18.1 Å². The van der Waals surface area contributed by atoms with Gasteiger partial charge >= 0.3 is 11.9 Å². The predicted octanol–water partition coefficient (Wildman–Crippen LogP) is 4.90. The van der Waals surface area contributed by atoms with Crippen LogP contribution in [0.1, 0.15) is 61.8 Å². The number of esters is 2. The van der Waals surface area contributed by atoms with Crippen LogP contribution in [0.4, 0.5) is 0 Å². The highest BCUT2D eigenvalue weighted by molar-refractivity contribution is 6.74. The Bertz CT molecular complexity index is 847. The van der Waals surface area contributed by atoms with Gasteiger partial charge in [-0.15, -0.1) is 0 Å². The second kappa shape index (κ2) is 7.20. The van der Waals surface area contributed by atoms with E-state index in [-0.39, 0.29) is 17.6 Å². The van der Waals surface area contributed by atoms with E-state index in [0.717, 1.165) is 0 Å². The van der Waals surface area contributed by atoms with Gasteiger partial charge in [0.15, 0.2) is 0 Å². The summed E-state index contributed by atoms with van der Waals surface area (Å²) in [6.07, 6.45) is 3.50. The predicted molar refractivity (Wildman–Crippen MR) is 121 cm³/mol. The Kier molecular flexibility index (Phi) is 5.59. The van der Waals surface area contributed by atoms with Gasteiger partial charge < -0.3 is 18.6 Å². The second-order valence-corrected chi connectivity index (χ2v) is 16.6. The molecule has 3 aliphatic heterocycles. The molecule has 1 saturated heterocycles. The fourth-order valence-corrected chi connectivity index (χ4v) is 5.19. The maximum Gasteiger partial charge on any atom is 0.348 e. The molecule has 0 radical (unpaired) electrons. The summed E-state index contributed by atoms with van der Waals surface area (Å²) in [7, 11) is -2.24. The summed E-state index contributed by atoms with van der Waals surface area (Å²) in [5.41, 5.74) is -1.72. The van der Waals surface area contributed by atoms with E-state index in [1.165, 1.54) is 0 Å². The summed E-state index contributed by atoms with van der Waals surface area (Å²) in [5.74, 6) is -0.249. The van der Waals surface area contributed by atoms with E-state index in [2.05, 4.69) is 53.8 Å². The Morgan fingerprint density at radius 3 is 2.29 bits per heavy atom. The Labute approximate surface area is 187 Å². The van der Waals surface area contributed by atoms with E-state index < -0.39 is 43.0 Å². The third-order valence-electron chi connectivity index (χ3n) is 7.40. The fourth-order valence-electron chi connectivity index (χ4n) is 4.09. The maximum atomic E-state index is 13.5. The van der Waals surface area contributed by atoms with Crippen molar-refractivity contribution in [3.63, 3.8) is 0 Å². The lowest BCUT2D eigenvalue weighted by Crippen LogP contribution is -2.50. The lowest BCUT2D eigenvalue weighted by molar-refractivity contribution is -0.165. The average Bonchev–Trinajstić information content (AvgIpc) is 3.02. The quantitative estimate of drug-likeness (QED) is 0.337. The van der Waals surface area contributed by atoms with Gasteiger partial charge in [-0.1, -0.05) is 54.5 Å². The van der Waals surface area contributed by atoms with Crippen LogP contribution in [0.15, 0.2) is 23.5 Å². The third-order valence-corrected chi connectivity index (χ3v) is 11.8. The minimum atomic E-state index is -2.24. The highest BCUT2D eigenvalue weighted by Gasteiger charge is 2.57. The van der Waals surface area contributed by atoms with Gasteiger partial charge in [0.1, 0.15) is 17.8 Å². The molecule has 0 amide bonds. The number of hydrogen-bond donors (Lipinski definition) is 0. The molecule has 0 aromatic heterocycles. The van der Waals surface area contributed by atoms with E-state index in [1.54, 1.807) is 0 Å². The Morgan fingerprint density at radius 1 is 1.19 bits per heavy atom. The third kappa shape index (κ3) is 3.99. The summed E-state index contributed by atoms with van der Waals surface area (Å²) in [6, 6.07) is 0. The van der Waals surface area contributed by atoms with Crippen LogP contribution in [-0.4, -0.2) is 44.2 Å². The molecule has 0 aromatic carbocycles. The van der Waals surface area contributed by atoms with Crippen LogP contribution in [-0.2, 0) is 28.2 Å². The monoisotopic (exact) mass is 450 g/mol. The minimum Gasteiger partial charge on any atom is -0.546 e. The van der Waals surface area contributed by atoms with Crippen LogP contribution in [0, 0.1) is 11.3 Å². The molecule has 0 spiro atoms. The number of fused-ring (bicyclic) bond motifs is 2. The van der Waals surface area contributed by atoms with Crippen LogP contribution < -0.4 is 0 Å². The molecular weight excluding hydrogens is 412 g/mol. The summed E-state index contributed by atoms with van der Waals surface area (Å²) in [4.78, 5) is 25.8. The van der Waals surface area contributed by atoms with Crippen molar-refractivity contribution in [1.82, 2.24) is 0 Å². The summed E-state index contributed by atoms with van der Waals surface area (Å²) >= 11 is 0. The first-order valence-corrected chi connectivity index (χ1v) is 14.1. The van der Waals surface area contributed by atoms with Crippen LogP contribution in [0.25, 0.3) is 0 Å². The number of cyclic esters (lactones) is 1. The lowest BCUT2D eigenvalue weighted by Gasteiger charge is -2.46. The van der Waals surface area contributed by atoms with Crippen LogP contribution >= 0.6 is 0 Å². The first-order chi connectivity index (χ1) is 13.9. The van der Waals surface area contributed by atoms with Crippen molar-refractivity contribution in [2.75, 3.05) is 6.61 Å². The zero-order valence-corrected chi connectivity index (χ0v) is 21.7. The molecule has 6 nitrogen and oxygen atoms in total. The molecule has 0 aliphatic carbocycles. The van der Waals surface area contributed by atoms with Crippen molar-refractivity contribution in [3.8, 4) is 0 Å². The van der Waals surface area contributed by atoms with E-state index >= 15 is 0 Å². The van der Waals surface area contributed by atoms with Gasteiger partial charge in [-0.05, 0) is 37.0 Å². The summed E-state index contributed by atoms with van der Waals surface area (Å²) in [6.45, 7) is 20.9. The Morgan fingerprint density at radius 2 is 1.81 bits per heavy atom. The van der Waals surface area contributed by atoms with Gasteiger partial charge in [-0.25, -0.2) is 9.59 Å². The Hall–Kier alpha value is -1.60. The van der Waals surface area contributed by atoms with Gasteiger partial charge in [-0.2, -0.15) is 0 Å². The van der Waals surface area contributed by atoms with Gasteiger partial charge in [-0.3, -0.25) is 0 Å². The molecule has 0 N–H and O–H groups in total. The van der Waals surface area contributed by atoms with Gasteiger partial charge in [0, 0.05) is 11.8 Å². The van der Waals surface area contributed by atoms with E-state index in [9.17, 15) is 9.59 Å². The standard InChI is InChI=1S/C24H38O6Si/c1-15(2)24-12-11-23(8,30-24)17(16(13-24)29-31(9,10)21(3,4)5)19(25)28-18-20(26)27-14-22(18,6)7/h11-12,15,18H,13-14H2,1-10H3/t18?,23-,24+/m1/s1. The molecule has 1 unspecified atom stereocenters. The molecule has 0 aromatic rings. The van der Waals surface area contributed by atoms with Crippen molar-refractivity contribution in [2.45, 2.75) is 97.2 Å². The maximum absolute atomic E-state index is 13.5. The SMILES string of the molecule is CC(C)[C@@]12C=C[C@@](C)(O1)C(C(=O)OC1C(=O)OCC1(C)C)=C(O[Si](C)(C)C(C)(C)C)C2. The Balaban J connectivity index is 2.06. The van der Waals surface area contributed by atoms with Crippen molar-refractivity contribution in [2.24, 2.45) is 11.3 Å². The highest BCUT2D eigenvalue weighted by atomic mass is 28.4. The molecule has 174 valence electrons. The number of rotatable bonds is 5. The molecule has 3 heterocycles. The molecule has 31 heavy (non-hydrogen) atoms. The molecule has 3 atom stereocenters. The topological polar surface area (TPSA) is 71.1 Å². The van der Waals surface area contributed by atoms with E-state index in [0.29, 0.717) is 17.8 Å². The van der Waals surface area contributed by atoms with Gasteiger partial charge in [0.05, 0.1) is 11.4 Å². The number of ether oxygens (including phenoxy) is 3. The first-order valence-electron chi connectivity index (χ1n) is 11.1. The molecule has 3 rings (SSSR count). The molecular formula is C24H38O6Si. The highest BCUT2D eigenvalue weighted by Crippen LogP contribution is 2.52. The average molecular weight is 451 g/mol. The lowest BCUT2D eigenvalue weighted by atomic mass is 9.83. The van der Waals surface area contributed by atoms with E-state index in [1.807, 2.05) is 26.8 Å². The molecule has 1 fully saturated rings. The van der Waals surface area contributed by atoms with Crippen molar-refractivity contribution in [1.29, 1.82) is 0 Å². The number of hydrogen-bond acceptors (Lipinski definition) is 6. The largest absolute Gasteiger partial charge is 0.546 e. The zero-order chi connectivity index (χ0) is 23.6. The second-order valence-electron chi connectivity index (χ2n) is 11.9. The van der Waals surface area contributed by atoms with Gasteiger partial charge in [0.25, 0.3) is 0 Å². The minimum absolute atomic E-state index is 0.0387. The number of carbonyl (C=O) groups is 2. The van der Waals surface area contributed by atoms with E-state index in [4.69, 9.17) is 18.6 Å². The van der Waals surface area contributed by atoms with Crippen molar-refractivity contribution < 1.29 is 28.2 Å². The van der Waals surface area contributed by atoms with Gasteiger partial charge in [0.2, 0.25) is 14.4 Å². The van der Waals surface area contributed by atoms with Crippen LogP contribution in [0.3, 0.4) is 0 Å².